The largest absolute Gasteiger partial charge is 0.369 e. The lowest BCUT2D eigenvalue weighted by Gasteiger charge is -2.32. The monoisotopic (exact) mass is 212 g/mol. The lowest BCUT2D eigenvalue weighted by atomic mass is 9.95. The zero-order valence-corrected chi connectivity index (χ0v) is 9.53. The number of nitrogens with zero attached hydrogens (tertiary/aromatic N) is 1. The molecule has 0 aliphatic carbocycles. The summed E-state index contributed by atoms with van der Waals surface area (Å²) in [6.07, 6.45) is 2.31. The number of carbonyl (C=O) groups is 2. The van der Waals surface area contributed by atoms with E-state index < -0.39 is 0 Å². The highest BCUT2D eigenvalue weighted by atomic mass is 16.2. The van der Waals surface area contributed by atoms with Gasteiger partial charge >= 0.3 is 0 Å². The third-order valence-electron chi connectivity index (χ3n) is 3.24. The number of rotatable bonds is 3. The molecule has 0 spiro atoms. The van der Waals surface area contributed by atoms with E-state index in [9.17, 15) is 9.59 Å². The standard InChI is InChI=1S/C11H20N2O2/c1-3-8(2)11(15)13-6-4-9(5-7-13)10(12)14/h8-9H,3-7H2,1-2H3,(H2,12,14). The normalized spacial score (nSPS) is 20.0. The Morgan fingerprint density at radius 3 is 2.33 bits per heavy atom. The number of amides is 2. The molecule has 1 aliphatic rings. The van der Waals surface area contributed by atoms with E-state index in [1.54, 1.807) is 0 Å². The van der Waals surface area contributed by atoms with Gasteiger partial charge in [0, 0.05) is 24.9 Å². The van der Waals surface area contributed by atoms with Gasteiger partial charge in [-0.3, -0.25) is 9.59 Å². The third-order valence-corrected chi connectivity index (χ3v) is 3.24. The molecule has 1 saturated heterocycles. The predicted molar refractivity (Wildman–Crippen MR) is 58.0 cm³/mol. The Labute approximate surface area is 90.8 Å². The molecule has 4 heteroatoms. The van der Waals surface area contributed by atoms with Gasteiger partial charge in [0.25, 0.3) is 0 Å². The van der Waals surface area contributed by atoms with Gasteiger partial charge in [0.05, 0.1) is 0 Å². The van der Waals surface area contributed by atoms with Gasteiger partial charge in [0.2, 0.25) is 11.8 Å². The highest BCUT2D eigenvalue weighted by Gasteiger charge is 2.27. The van der Waals surface area contributed by atoms with Crippen molar-refractivity contribution in [1.29, 1.82) is 0 Å². The molecular formula is C11H20N2O2. The Balaban J connectivity index is 2.43. The molecule has 1 aliphatic heterocycles. The first-order chi connectivity index (χ1) is 7.06. The van der Waals surface area contributed by atoms with Gasteiger partial charge < -0.3 is 10.6 Å². The van der Waals surface area contributed by atoms with Crippen molar-refractivity contribution < 1.29 is 9.59 Å². The number of carbonyl (C=O) groups excluding carboxylic acids is 2. The van der Waals surface area contributed by atoms with Gasteiger partial charge in [-0.2, -0.15) is 0 Å². The van der Waals surface area contributed by atoms with Crippen LogP contribution in [0.5, 0.6) is 0 Å². The Morgan fingerprint density at radius 1 is 1.40 bits per heavy atom. The summed E-state index contributed by atoms with van der Waals surface area (Å²) in [6, 6.07) is 0. The second kappa shape index (κ2) is 5.14. The van der Waals surface area contributed by atoms with Crippen molar-refractivity contribution in [3.63, 3.8) is 0 Å². The lowest BCUT2D eigenvalue weighted by molar-refractivity contribution is -0.138. The number of primary amides is 1. The van der Waals surface area contributed by atoms with Gasteiger partial charge in [-0.05, 0) is 19.3 Å². The third kappa shape index (κ3) is 2.94. The molecule has 2 amide bonds. The summed E-state index contributed by atoms with van der Waals surface area (Å²) in [4.78, 5) is 24.6. The number of likely N-dealkylation sites (tertiary alicyclic amines) is 1. The molecular weight excluding hydrogens is 192 g/mol. The molecule has 0 aromatic rings. The second-order valence-electron chi connectivity index (χ2n) is 4.31. The van der Waals surface area contributed by atoms with Crippen LogP contribution in [-0.4, -0.2) is 29.8 Å². The summed E-state index contributed by atoms with van der Waals surface area (Å²) in [5.74, 6) is 0.0344. The maximum absolute atomic E-state index is 11.8. The van der Waals surface area contributed by atoms with Crippen molar-refractivity contribution >= 4 is 11.8 Å². The maximum Gasteiger partial charge on any atom is 0.225 e. The predicted octanol–water partition coefficient (Wildman–Crippen LogP) is 0.756. The van der Waals surface area contributed by atoms with E-state index in [0.717, 1.165) is 19.3 Å². The summed E-state index contributed by atoms with van der Waals surface area (Å²) in [5, 5.41) is 0. The van der Waals surface area contributed by atoms with Crippen molar-refractivity contribution in [3.8, 4) is 0 Å². The molecule has 2 N–H and O–H groups in total. The minimum atomic E-state index is -0.231. The minimum absolute atomic E-state index is 0.0361. The molecule has 1 fully saturated rings. The van der Waals surface area contributed by atoms with E-state index in [1.807, 2.05) is 18.7 Å². The van der Waals surface area contributed by atoms with Gasteiger partial charge in [0.1, 0.15) is 0 Å². The van der Waals surface area contributed by atoms with Crippen LogP contribution in [0.15, 0.2) is 0 Å². The van der Waals surface area contributed by atoms with Crippen LogP contribution >= 0.6 is 0 Å². The van der Waals surface area contributed by atoms with E-state index in [4.69, 9.17) is 5.73 Å². The summed E-state index contributed by atoms with van der Waals surface area (Å²) < 4.78 is 0. The molecule has 0 aromatic carbocycles. The Bertz CT molecular complexity index is 245. The smallest absolute Gasteiger partial charge is 0.225 e. The molecule has 4 nitrogen and oxygen atoms in total. The van der Waals surface area contributed by atoms with Crippen LogP contribution in [0.1, 0.15) is 33.1 Å². The molecule has 1 heterocycles. The van der Waals surface area contributed by atoms with Crippen LogP contribution in [0.3, 0.4) is 0 Å². The average molecular weight is 212 g/mol. The van der Waals surface area contributed by atoms with E-state index in [-0.39, 0.29) is 23.7 Å². The van der Waals surface area contributed by atoms with Crippen LogP contribution in [0.4, 0.5) is 0 Å². The quantitative estimate of drug-likeness (QED) is 0.750. The number of piperidine rings is 1. The van der Waals surface area contributed by atoms with Gasteiger partial charge in [-0.1, -0.05) is 13.8 Å². The first kappa shape index (κ1) is 12.0. The maximum atomic E-state index is 11.8. The summed E-state index contributed by atoms with van der Waals surface area (Å²) >= 11 is 0. The zero-order valence-electron chi connectivity index (χ0n) is 9.53. The van der Waals surface area contributed by atoms with Crippen molar-refractivity contribution in [2.45, 2.75) is 33.1 Å². The van der Waals surface area contributed by atoms with Crippen molar-refractivity contribution in [1.82, 2.24) is 4.90 Å². The summed E-state index contributed by atoms with van der Waals surface area (Å²) in [5.41, 5.74) is 5.23. The minimum Gasteiger partial charge on any atom is -0.369 e. The van der Waals surface area contributed by atoms with Crippen LogP contribution in [0.25, 0.3) is 0 Å². The van der Waals surface area contributed by atoms with Crippen molar-refractivity contribution in [2.75, 3.05) is 13.1 Å². The zero-order chi connectivity index (χ0) is 11.4. The van der Waals surface area contributed by atoms with E-state index in [0.29, 0.717) is 13.1 Å². The molecule has 1 rings (SSSR count). The lowest BCUT2D eigenvalue weighted by Crippen LogP contribution is -2.43. The second-order valence-corrected chi connectivity index (χ2v) is 4.31. The average Bonchev–Trinajstić information content (AvgIpc) is 2.27. The molecule has 86 valence electrons. The van der Waals surface area contributed by atoms with Crippen LogP contribution in [0, 0.1) is 11.8 Å². The van der Waals surface area contributed by atoms with E-state index in [2.05, 4.69) is 0 Å². The van der Waals surface area contributed by atoms with Crippen molar-refractivity contribution in [2.24, 2.45) is 17.6 Å². The highest BCUT2D eigenvalue weighted by molar-refractivity contribution is 5.80. The Hall–Kier alpha value is -1.06. The molecule has 0 bridgehead atoms. The topological polar surface area (TPSA) is 63.4 Å². The fourth-order valence-electron chi connectivity index (χ4n) is 1.87. The molecule has 0 saturated carbocycles. The first-order valence-electron chi connectivity index (χ1n) is 5.64. The SMILES string of the molecule is CCC(C)C(=O)N1CCC(C(N)=O)CC1. The molecule has 0 aromatic heterocycles. The van der Waals surface area contributed by atoms with Crippen molar-refractivity contribution in [3.05, 3.63) is 0 Å². The number of nitrogens with two attached hydrogens (primary N) is 1. The molecule has 0 radical (unpaired) electrons. The van der Waals surface area contributed by atoms with Crippen LogP contribution in [-0.2, 0) is 9.59 Å². The van der Waals surface area contributed by atoms with Crippen LogP contribution < -0.4 is 5.73 Å². The summed E-state index contributed by atoms with van der Waals surface area (Å²) in [6.45, 7) is 5.31. The summed E-state index contributed by atoms with van der Waals surface area (Å²) in [7, 11) is 0. The van der Waals surface area contributed by atoms with E-state index in [1.165, 1.54) is 0 Å². The Morgan fingerprint density at radius 2 is 1.93 bits per heavy atom. The number of hydrogen-bond acceptors (Lipinski definition) is 2. The molecule has 1 atom stereocenters. The molecule has 1 unspecified atom stereocenters. The number of hydrogen-bond donors (Lipinski definition) is 1. The van der Waals surface area contributed by atoms with Gasteiger partial charge in [0.15, 0.2) is 0 Å². The van der Waals surface area contributed by atoms with Gasteiger partial charge in [-0.25, -0.2) is 0 Å². The molecule has 15 heavy (non-hydrogen) atoms. The van der Waals surface area contributed by atoms with E-state index >= 15 is 0 Å². The fraction of sp³-hybridized carbons (Fsp3) is 0.818. The van der Waals surface area contributed by atoms with Crippen LogP contribution in [0.2, 0.25) is 0 Å². The first-order valence-corrected chi connectivity index (χ1v) is 5.64. The Kier molecular flexibility index (Phi) is 4.12. The highest BCUT2D eigenvalue weighted by Crippen LogP contribution is 2.19. The van der Waals surface area contributed by atoms with Gasteiger partial charge in [-0.15, -0.1) is 0 Å². The fourth-order valence-corrected chi connectivity index (χ4v) is 1.87.